The van der Waals surface area contributed by atoms with Crippen LogP contribution in [0, 0.1) is 11.7 Å². The number of aliphatic carboxylic acids is 1. The Labute approximate surface area is 149 Å². The quantitative estimate of drug-likeness (QED) is 0.688. The largest absolute Gasteiger partial charge is 0.481 e. The molecular formula is C17H20ClFN2O4. The lowest BCUT2D eigenvalue weighted by Crippen LogP contribution is -2.33. The van der Waals surface area contributed by atoms with Crippen LogP contribution in [0.25, 0.3) is 0 Å². The molecule has 1 aromatic rings. The number of nitrogens with one attached hydrogen (secondary N) is 1. The molecule has 1 fully saturated rings. The normalized spacial score (nSPS) is 17.0. The van der Waals surface area contributed by atoms with Crippen LogP contribution in [0.15, 0.2) is 18.2 Å². The van der Waals surface area contributed by atoms with Crippen LogP contribution in [0.4, 0.5) is 10.1 Å². The fourth-order valence-electron chi connectivity index (χ4n) is 2.72. The summed E-state index contributed by atoms with van der Waals surface area (Å²) in [7, 11) is 0. The van der Waals surface area contributed by atoms with Gasteiger partial charge in [-0.3, -0.25) is 14.4 Å². The van der Waals surface area contributed by atoms with Gasteiger partial charge in [-0.1, -0.05) is 18.0 Å². The number of anilines is 1. The van der Waals surface area contributed by atoms with Crippen molar-refractivity contribution in [3.05, 3.63) is 29.0 Å². The minimum atomic E-state index is -0.827. The first kappa shape index (κ1) is 19.2. The van der Waals surface area contributed by atoms with Gasteiger partial charge in [0.25, 0.3) is 0 Å². The molecule has 0 bridgehead atoms. The molecule has 136 valence electrons. The molecule has 25 heavy (non-hydrogen) atoms. The molecular weight excluding hydrogens is 351 g/mol. The number of carboxylic acids is 1. The molecule has 0 radical (unpaired) electrons. The smallest absolute Gasteiger partial charge is 0.303 e. The Morgan fingerprint density at radius 1 is 1.32 bits per heavy atom. The third-order valence-corrected chi connectivity index (χ3v) is 4.38. The van der Waals surface area contributed by atoms with E-state index in [1.165, 1.54) is 17.0 Å². The molecule has 1 aromatic carbocycles. The first-order valence-corrected chi connectivity index (χ1v) is 8.51. The van der Waals surface area contributed by atoms with Crippen LogP contribution < -0.4 is 10.2 Å². The highest BCUT2D eigenvalue weighted by atomic mass is 35.5. The van der Waals surface area contributed by atoms with Crippen molar-refractivity contribution in [2.75, 3.05) is 18.0 Å². The summed E-state index contributed by atoms with van der Waals surface area (Å²) in [5, 5.41) is 11.3. The second-order valence-electron chi connectivity index (χ2n) is 6.00. The van der Waals surface area contributed by atoms with Crippen LogP contribution in [0.1, 0.15) is 32.1 Å². The molecule has 8 heteroatoms. The topological polar surface area (TPSA) is 86.7 Å². The second kappa shape index (κ2) is 8.80. The number of benzene rings is 1. The molecule has 2 amide bonds. The highest BCUT2D eigenvalue weighted by Crippen LogP contribution is 2.28. The summed E-state index contributed by atoms with van der Waals surface area (Å²) < 4.78 is 13.5. The predicted octanol–water partition coefficient (Wildman–Crippen LogP) is 2.59. The number of halogens is 2. The van der Waals surface area contributed by atoms with Gasteiger partial charge in [0.15, 0.2) is 0 Å². The standard InChI is InChI=1S/C17H20ClFN2O4/c18-13-6-5-12(9-14(13)19)21-10-11(8-15(21)22)17(25)20-7-3-1-2-4-16(23)24/h5-6,9,11H,1-4,7-8,10H2,(H,20,25)(H,23,24). The average Bonchev–Trinajstić information content (AvgIpc) is 2.95. The third kappa shape index (κ3) is 5.42. The number of carboxylic acid groups (broad SMARTS) is 1. The van der Waals surface area contributed by atoms with Gasteiger partial charge in [-0.2, -0.15) is 0 Å². The zero-order chi connectivity index (χ0) is 18.4. The monoisotopic (exact) mass is 370 g/mol. The molecule has 1 heterocycles. The lowest BCUT2D eigenvalue weighted by Gasteiger charge is -2.17. The van der Waals surface area contributed by atoms with E-state index in [-0.39, 0.29) is 36.2 Å². The van der Waals surface area contributed by atoms with Crippen molar-refractivity contribution in [3.8, 4) is 0 Å². The van der Waals surface area contributed by atoms with Crippen molar-refractivity contribution in [1.29, 1.82) is 0 Å². The van der Waals surface area contributed by atoms with Crippen LogP contribution in [-0.4, -0.2) is 36.0 Å². The van der Waals surface area contributed by atoms with Gasteiger partial charge in [0.2, 0.25) is 11.8 Å². The second-order valence-corrected chi connectivity index (χ2v) is 6.41. The number of amides is 2. The SMILES string of the molecule is O=C(O)CCCCCNC(=O)C1CC(=O)N(c2ccc(Cl)c(F)c2)C1. The van der Waals surface area contributed by atoms with E-state index in [4.69, 9.17) is 16.7 Å². The molecule has 2 N–H and O–H groups in total. The molecule has 1 aliphatic rings. The van der Waals surface area contributed by atoms with Gasteiger partial charge >= 0.3 is 5.97 Å². The van der Waals surface area contributed by atoms with E-state index in [1.54, 1.807) is 6.07 Å². The van der Waals surface area contributed by atoms with Gasteiger partial charge < -0.3 is 15.3 Å². The maximum atomic E-state index is 13.5. The van der Waals surface area contributed by atoms with E-state index in [0.717, 1.165) is 0 Å². The van der Waals surface area contributed by atoms with Crippen molar-refractivity contribution in [1.82, 2.24) is 5.32 Å². The van der Waals surface area contributed by atoms with Crippen LogP contribution in [0.5, 0.6) is 0 Å². The van der Waals surface area contributed by atoms with Gasteiger partial charge in [-0.15, -0.1) is 0 Å². The van der Waals surface area contributed by atoms with Crippen molar-refractivity contribution >= 4 is 35.1 Å². The minimum absolute atomic E-state index is 0.0208. The molecule has 1 aliphatic heterocycles. The molecule has 1 unspecified atom stereocenters. The highest BCUT2D eigenvalue weighted by Gasteiger charge is 2.35. The van der Waals surface area contributed by atoms with Crippen LogP contribution in [0.2, 0.25) is 5.02 Å². The van der Waals surface area contributed by atoms with E-state index < -0.39 is 17.7 Å². The van der Waals surface area contributed by atoms with E-state index >= 15 is 0 Å². The molecule has 6 nitrogen and oxygen atoms in total. The first-order chi connectivity index (χ1) is 11.9. The van der Waals surface area contributed by atoms with Crippen LogP contribution in [0.3, 0.4) is 0 Å². The van der Waals surface area contributed by atoms with Crippen molar-refractivity contribution < 1.29 is 23.9 Å². The Bertz CT molecular complexity index is 668. The predicted molar refractivity (Wildman–Crippen MR) is 91.0 cm³/mol. The molecule has 1 saturated heterocycles. The Kier molecular flexibility index (Phi) is 6.75. The average molecular weight is 371 g/mol. The number of unbranched alkanes of at least 4 members (excludes halogenated alkanes) is 2. The molecule has 0 aliphatic carbocycles. The van der Waals surface area contributed by atoms with E-state index in [1.807, 2.05) is 0 Å². The Morgan fingerprint density at radius 3 is 2.76 bits per heavy atom. The van der Waals surface area contributed by atoms with Crippen molar-refractivity contribution in [2.45, 2.75) is 32.1 Å². The lowest BCUT2D eigenvalue weighted by molar-refractivity contribution is -0.137. The molecule has 0 saturated carbocycles. The third-order valence-electron chi connectivity index (χ3n) is 4.08. The van der Waals surface area contributed by atoms with Crippen LogP contribution in [-0.2, 0) is 14.4 Å². The number of carbonyl (C=O) groups is 3. The van der Waals surface area contributed by atoms with E-state index in [0.29, 0.717) is 31.5 Å². The summed E-state index contributed by atoms with van der Waals surface area (Å²) in [6.07, 6.45) is 2.17. The number of hydrogen-bond donors (Lipinski definition) is 2. The highest BCUT2D eigenvalue weighted by molar-refractivity contribution is 6.30. The number of rotatable bonds is 8. The summed E-state index contributed by atoms with van der Waals surface area (Å²) in [6, 6.07) is 4.11. The number of nitrogens with zero attached hydrogens (tertiary/aromatic N) is 1. The fourth-order valence-corrected chi connectivity index (χ4v) is 2.84. The maximum Gasteiger partial charge on any atom is 0.303 e. The zero-order valence-electron chi connectivity index (χ0n) is 13.6. The summed E-state index contributed by atoms with van der Waals surface area (Å²) in [6.45, 7) is 0.642. The number of hydrogen-bond acceptors (Lipinski definition) is 3. The van der Waals surface area contributed by atoms with Gasteiger partial charge in [0.1, 0.15) is 5.82 Å². The summed E-state index contributed by atoms with van der Waals surface area (Å²) >= 11 is 5.64. The van der Waals surface area contributed by atoms with E-state index in [2.05, 4.69) is 5.32 Å². The summed E-state index contributed by atoms with van der Waals surface area (Å²) in [5.74, 6) is -2.37. The van der Waals surface area contributed by atoms with Crippen molar-refractivity contribution in [2.24, 2.45) is 5.92 Å². The first-order valence-electron chi connectivity index (χ1n) is 8.13. The Hall–Kier alpha value is -2.15. The van der Waals surface area contributed by atoms with Crippen LogP contribution >= 0.6 is 11.6 Å². The molecule has 2 rings (SSSR count). The molecule has 0 aromatic heterocycles. The summed E-state index contributed by atoms with van der Waals surface area (Å²) in [5.41, 5.74) is 0.385. The van der Waals surface area contributed by atoms with Gasteiger partial charge in [-0.25, -0.2) is 4.39 Å². The fraction of sp³-hybridized carbons (Fsp3) is 0.471. The van der Waals surface area contributed by atoms with Gasteiger partial charge in [0, 0.05) is 31.6 Å². The summed E-state index contributed by atoms with van der Waals surface area (Å²) in [4.78, 5) is 36.0. The van der Waals surface area contributed by atoms with Gasteiger partial charge in [0.05, 0.1) is 10.9 Å². The maximum absolute atomic E-state index is 13.5. The van der Waals surface area contributed by atoms with Crippen molar-refractivity contribution in [3.63, 3.8) is 0 Å². The Balaban J connectivity index is 1.80. The molecule has 0 spiro atoms. The van der Waals surface area contributed by atoms with E-state index in [9.17, 15) is 18.8 Å². The minimum Gasteiger partial charge on any atom is -0.481 e. The zero-order valence-corrected chi connectivity index (χ0v) is 14.4. The van der Waals surface area contributed by atoms with Gasteiger partial charge in [-0.05, 0) is 31.0 Å². The molecule has 1 atom stereocenters. The Morgan fingerprint density at radius 2 is 2.08 bits per heavy atom. The number of carbonyl (C=O) groups excluding carboxylic acids is 2. The lowest BCUT2D eigenvalue weighted by atomic mass is 10.1.